The third-order valence-corrected chi connectivity index (χ3v) is 8.64. The van der Waals surface area contributed by atoms with Crippen molar-refractivity contribution < 1.29 is 13.9 Å². The molecule has 2 aliphatic rings. The summed E-state index contributed by atoms with van der Waals surface area (Å²) in [5.74, 6) is 1.18. The van der Waals surface area contributed by atoms with E-state index in [4.69, 9.17) is 14.5 Å². The minimum atomic E-state index is -0.390. The SMILES string of the molecule is Cc1cnc(Nc2cc(C)n(C)n2)nc1-c1c[nH]c2c(CN3CCC(Oc4ncc(F)c(N5CCCCC5)n4)C3)cccc12.NC=O. The van der Waals surface area contributed by atoms with Gasteiger partial charge in [0, 0.05) is 74.9 Å². The number of carbonyl (C=O) groups excluding carboxylic acids is 1. The first kappa shape index (κ1) is 31.9. The molecule has 2 saturated heterocycles. The molecule has 0 aliphatic carbocycles. The smallest absolute Gasteiger partial charge is 0.318 e. The molecule has 2 aliphatic heterocycles. The summed E-state index contributed by atoms with van der Waals surface area (Å²) in [6.45, 7) is 8.07. The average molecular weight is 642 g/mol. The van der Waals surface area contributed by atoms with Gasteiger partial charge in [0.05, 0.1) is 17.4 Å². The fraction of sp³-hybridized carbons (Fsp3) is 0.394. The topological polar surface area (TPSA) is 156 Å². The molecule has 0 spiro atoms. The molecule has 1 unspecified atom stereocenters. The number of aromatic nitrogens is 7. The minimum Gasteiger partial charge on any atom is -0.459 e. The van der Waals surface area contributed by atoms with Gasteiger partial charge in [0.15, 0.2) is 17.5 Å². The Morgan fingerprint density at radius 2 is 1.94 bits per heavy atom. The Balaban J connectivity index is 0.00000124. The highest BCUT2D eigenvalue weighted by Crippen LogP contribution is 2.33. The number of amides is 1. The summed E-state index contributed by atoms with van der Waals surface area (Å²) in [5.41, 5.74) is 10.4. The van der Waals surface area contributed by atoms with Crippen LogP contribution >= 0.6 is 0 Å². The van der Waals surface area contributed by atoms with Crippen LogP contribution in [0, 0.1) is 19.7 Å². The number of halogens is 1. The Hall–Kier alpha value is -5.11. The number of ether oxygens (including phenoxy) is 1. The first-order valence-corrected chi connectivity index (χ1v) is 15.9. The van der Waals surface area contributed by atoms with E-state index in [-0.39, 0.29) is 18.5 Å². The zero-order chi connectivity index (χ0) is 32.9. The molecule has 6 heterocycles. The van der Waals surface area contributed by atoms with Gasteiger partial charge in [0.1, 0.15) is 6.10 Å². The van der Waals surface area contributed by atoms with Crippen LogP contribution in [0.25, 0.3) is 22.2 Å². The second kappa shape index (κ2) is 14.1. The largest absolute Gasteiger partial charge is 0.459 e. The molecule has 4 aromatic heterocycles. The summed E-state index contributed by atoms with van der Waals surface area (Å²) in [5, 5.41) is 8.81. The van der Waals surface area contributed by atoms with Gasteiger partial charge < -0.3 is 25.7 Å². The number of nitrogens with zero attached hydrogens (tertiary/aromatic N) is 8. The molecule has 2 fully saturated rings. The van der Waals surface area contributed by atoms with Crippen molar-refractivity contribution >= 4 is 34.9 Å². The number of hydrogen-bond donors (Lipinski definition) is 3. The lowest BCUT2D eigenvalue weighted by Gasteiger charge is -2.28. The van der Waals surface area contributed by atoms with Gasteiger partial charge in [0.2, 0.25) is 12.4 Å². The van der Waals surface area contributed by atoms with E-state index in [0.29, 0.717) is 17.6 Å². The number of hydrogen-bond acceptors (Lipinski definition) is 10. The molecule has 1 atom stereocenters. The van der Waals surface area contributed by atoms with Crippen molar-refractivity contribution in [2.24, 2.45) is 12.8 Å². The van der Waals surface area contributed by atoms with Crippen LogP contribution in [0.5, 0.6) is 6.01 Å². The Labute approximate surface area is 272 Å². The number of likely N-dealkylation sites (tertiary alicyclic amines) is 1. The Kier molecular flexibility index (Phi) is 9.57. The number of fused-ring (bicyclic) bond motifs is 1. The highest BCUT2D eigenvalue weighted by atomic mass is 19.1. The van der Waals surface area contributed by atoms with Crippen LogP contribution in [0.15, 0.2) is 42.9 Å². The number of rotatable bonds is 8. The van der Waals surface area contributed by atoms with Crippen molar-refractivity contribution in [3.8, 4) is 17.3 Å². The molecule has 0 saturated carbocycles. The molecule has 0 bridgehead atoms. The third kappa shape index (κ3) is 7.17. The number of aryl methyl sites for hydroxylation is 3. The van der Waals surface area contributed by atoms with Crippen LogP contribution in [0.2, 0.25) is 0 Å². The molecular formula is C33H40FN11O2. The second-order valence-corrected chi connectivity index (χ2v) is 12.0. The van der Waals surface area contributed by atoms with Crippen molar-refractivity contribution in [1.82, 2.24) is 39.6 Å². The van der Waals surface area contributed by atoms with E-state index in [1.807, 2.05) is 48.9 Å². The lowest BCUT2D eigenvalue weighted by molar-refractivity contribution is -0.106. The van der Waals surface area contributed by atoms with Crippen LogP contribution in [-0.2, 0) is 18.4 Å². The van der Waals surface area contributed by atoms with E-state index in [9.17, 15) is 4.39 Å². The van der Waals surface area contributed by atoms with E-state index in [1.165, 1.54) is 18.2 Å². The maximum atomic E-state index is 14.5. The second-order valence-electron chi connectivity index (χ2n) is 12.0. The van der Waals surface area contributed by atoms with Gasteiger partial charge in [-0.2, -0.15) is 10.1 Å². The van der Waals surface area contributed by atoms with Gasteiger partial charge >= 0.3 is 6.01 Å². The first-order valence-electron chi connectivity index (χ1n) is 15.9. The number of benzene rings is 1. The lowest BCUT2D eigenvalue weighted by atomic mass is 10.0. The van der Waals surface area contributed by atoms with Crippen molar-refractivity contribution in [2.45, 2.75) is 52.2 Å². The Morgan fingerprint density at radius 1 is 1.13 bits per heavy atom. The van der Waals surface area contributed by atoms with Gasteiger partial charge in [0.25, 0.3) is 0 Å². The van der Waals surface area contributed by atoms with Crippen molar-refractivity contribution in [3.63, 3.8) is 0 Å². The van der Waals surface area contributed by atoms with Gasteiger partial charge in [-0.1, -0.05) is 18.2 Å². The maximum Gasteiger partial charge on any atom is 0.318 e. The number of para-hydroxylation sites is 1. The molecule has 47 heavy (non-hydrogen) atoms. The van der Waals surface area contributed by atoms with Crippen molar-refractivity contribution in [3.05, 3.63) is 65.5 Å². The van der Waals surface area contributed by atoms with Crippen molar-refractivity contribution in [2.75, 3.05) is 36.4 Å². The van der Waals surface area contributed by atoms with Crippen LogP contribution in [0.1, 0.15) is 42.5 Å². The first-order chi connectivity index (χ1) is 22.8. The quantitative estimate of drug-likeness (QED) is 0.208. The van der Waals surface area contributed by atoms with Crippen molar-refractivity contribution in [1.29, 1.82) is 0 Å². The minimum absolute atomic E-state index is 0.0504. The van der Waals surface area contributed by atoms with Gasteiger partial charge in [-0.05, 0) is 50.7 Å². The molecule has 4 N–H and O–H groups in total. The molecule has 7 rings (SSSR count). The molecule has 1 amide bonds. The average Bonchev–Trinajstić information content (AvgIpc) is 3.79. The fourth-order valence-corrected chi connectivity index (χ4v) is 6.21. The highest BCUT2D eigenvalue weighted by molar-refractivity contribution is 5.97. The summed E-state index contributed by atoms with van der Waals surface area (Å²) in [7, 11) is 1.91. The maximum absolute atomic E-state index is 14.5. The predicted octanol–water partition coefficient (Wildman–Crippen LogP) is 4.39. The number of nitrogens with one attached hydrogen (secondary N) is 2. The Morgan fingerprint density at radius 3 is 2.70 bits per heavy atom. The van der Waals surface area contributed by atoms with Gasteiger partial charge in [-0.15, -0.1) is 0 Å². The monoisotopic (exact) mass is 641 g/mol. The van der Waals surface area contributed by atoms with Crippen LogP contribution in [-0.4, -0.2) is 78.3 Å². The van der Waals surface area contributed by atoms with Crippen LogP contribution < -0.4 is 20.7 Å². The zero-order valence-electron chi connectivity index (χ0n) is 26.9. The normalized spacial score (nSPS) is 16.6. The molecular weight excluding hydrogens is 601 g/mol. The van der Waals surface area contributed by atoms with Crippen LogP contribution in [0.4, 0.5) is 22.0 Å². The molecule has 1 aromatic carbocycles. The number of anilines is 3. The number of H-pyrrole nitrogens is 1. The predicted molar refractivity (Wildman–Crippen MR) is 178 cm³/mol. The number of carbonyl (C=O) groups is 1. The lowest BCUT2D eigenvalue weighted by Crippen LogP contribution is -2.31. The van der Waals surface area contributed by atoms with Crippen LogP contribution in [0.3, 0.4) is 0 Å². The number of piperidine rings is 1. The summed E-state index contributed by atoms with van der Waals surface area (Å²) < 4.78 is 22.5. The summed E-state index contributed by atoms with van der Waals surface area (Å²) >= 11 is 0. The standard InChI is InChI=1S/C32H37FN10O.CH3NO/c1-20-15-35-31(37-27-14-21(2)41(3)40-27)38-28(20)25-16-34-29-22(8-7-9-24(25)29)18-42-13-10-23(19-42)44-32-36-17-26(33)30(39-32)43-11-5-4-6-12-43;2-1-3/h7-9,14-17,23,34H,4-6,10-13,18-19H2,1-3H3,(H,35,37,38,40);1H,(H2,2,3). The summed E-state index contributed by atoms with van der Waals surface area (Å²) in [6, 6.07) is 8.60. The number of primary amides is 1. The van der Waals surface area contributed by atoms with E-state index in [1.54, 1.807) is 0 Å². The fourth-order valence-electron chi connectivity index (χ4n) is 6.21. The molecule has 0 radical (unpaired) electrons. The number of aromatic amines is 1. The number of nitrogens with two attached hydrogens (primary N) is 1. The zero-order valence-corrected chi connectivity index (χ0v) is 26.9. The van der Waals surface area contributed by atoms with E-state index >= 15 is 0 Å². The Bertz CT molecular complexity index is 1830. The summed E-state index contributed by atoms with van der Waals surface area (Å²) in [4.78, 5) is 34.4. The van der Waals surface area contributed by atoms with E-state index < -0.39 is 5.82 Å². The molecule has 14 heteroatoms. The van der Waals surface area contributed by atoms with Gasteiger partial charge in [-0.3, -0.25) is 14.4 Å². The molecule has 246 valence electrons. The highest BCUT2D eigenvalue weighted by Gasteiger charge is 2.27. The third-order valence-electron chi connectivity index (χ3n) is 8.64. The van der Waals surface area contributed by atoms with Gasteiger partial charge in [-0.25, -0.2) is 19.3 Å². The summed E-state index contributed by atoms with van der Waals surface area (Å²) in [6.07, 6.45) is 9.44. The molecule has 5 aromatic rings. The molecule has 13 nitrogen and oxygen atoms in total. The van der Waals surface area contributed by atoms with E-state index in [2.05, 4.69) is 59.2 Å². The van der Waals surface area contributed by atoms with E-state index in [0.717, 1.165) is 85.4 Å².